The number of hydrogen-bond donors (Lipinski definition) is 2. The van der Waals surface area contributed by atoms with Crippen molar-refractivity contribution in [3.63, 3.8) is 0 Å². The Bertz CT molecular complexity index is 948. The van der Waals surface area contributed by atoms with Crippen molar-refractivity contribution in [2.45, 2.75) is 6.18 Å². The largest absolute Gasteiger partial charge is 0.423 e. The van der Waals surface area contributed by atoms with Gasteiger partial charge in [0.25, 0.3) is 11.2 Å². The molecule has 0 bridgehead atoms. The summed E-state index contributed by atoms with van der Waals surface area (Å²) >= 11 is 0. The van der Waals surface area contributed by atoms with E-state index in [1.54, 1.807) is 0 Å². The van der Waals surface area contributed by atoms with Gasteiger partial charge in [0, 0.05) is 12.3 Å². The second-order valence-corrected chi connectivity index (χ2v) is 5.38. The molecule has 0 amide bonds. The SMILES string of the molecule is CS(=O)Nn1c(=O)[nH]c2cc(C(F)(F)F)c([N+](=O)[O-])cc2c1=O. The third-order valence-corrected chi connectivity index (χ3v) is 3.18. The number of nitro groups is 1. The van der Waals surface area contributed by atoms with Gasteiger partial charge in [0.1, 0.15) is 16.5 Å². The molecular weight excluding hydrogens is 345 g/mol. The minimum Gasteiger partial charge on any atom is -0.305 e. The highest BCUT2D eigenvalue weighted by atomic mass is 32.2. The Hall–Kier alpha value is -2.70. The highest BCUT2D eigenvalue weighted by molar-refractivity contribution is 7.85. The summed E-state index contributed by atoms with van der Waals surface area (Å²) in [6, 6.07) is 0.719. The number of aromatic amines is 1. The van der Waals surface area contributed by atoms with Crippen LogP contribution in [-0.4, -0.2) is 25.0 Å². The molecule has 2 rings (SSSR count). The molecule has 9 nitrogen and oxygen atoms in total. The molecule has 0 radical (unpaired) electrons. The molecule has 0 aliphatic rings. The van der Waals surface area contributed by atoms with Gasteiger partial charge in [-0.2, -0.15) is 17.8 Å². The zero-order chi connectivity index (χ0) is 17.5. The van der Waals surface area contributed by atoms with Crippen molar-refractivity contribution in [2.75, 3.05) is 11.1 Å². The van der Waals surface area contributed by atoms with Crippen LogP contribution in [0, 0.1) is 10.1 Å². The maximum absolute atomic E-state index is 12.9. The van der Waals surface area contributed by atoms with Gasteiger partial charge in [0.15, 0.2) is 0 Å². The number of H-pyrrole nitrogens is 1. The summed E-state index contributed by atoms with van der Waals surface area (Å²) in [6.07, 6.45) is -3.95. The lowest BCUT2D eigenvalue weighted by Gasteiger charge is -2.10. The lowest BCUT2D eigenvalue weighted by atomic mass is 10.1. The predicted molar refractivity (Wildman–Crippen MR) is 73.9 cm³/mol. The van der Waals surface area contributed by atoms with Crippen molar-refractivity contribution in [2.24, 2.45) is 0 Å². The lowest BCUT2D eigenvalue weighted by Crippen LogP contribution is -2.41. The van der Waals surface area contributed by atoms with Crippen LogP contribution in [-0.2, 0) is 17.2 Å². The first-order valence-electron chi connectivity index (χ1n) is 5.67. The summed E-state index contributed by atoms with van der Waals surface area (Å²) in [4.78, 5) is 37.2. The Morgan fingerprint density at radius 1 is 1.35 bits per heavy atom. The lowest BCUT2D eigenvalue weighted by molar-refractivity contribution is -0.387. The van der Waals surface area contributed by atoms with Crippen molar-refractivity contribution in [3.8, 4) is 0 Å². The normalized spacial score (nSPS) is 13.0. The van der Waals surface area contributed by atoms with Gasteiger partial charge in [-0.05, 0) is 6.07 Å². The van der Waals surface area contributed by atoms with Gasteiger partial charge in [-0.15, -0.1) is 0 Å². The van der Waals surface area contributed by atoms with Crippen LogP contribution in [0.4, 0.5) is 18.9 Å². The molecule has 1 heterocycles. The molecule has 2 aromatic rings. The first-order valence-corrected chi connectivity index (χ1v) is 7.23. The smallest absolute Gasteiger partial charge is 0.305 e. The van der Waals surface area contributed by atoms with Crippen molar-refractivity contribution in [1.82, 2.24) is 9.66 Å². The number of benzene rings is 1. The molecule has 0 saturated carbocycles. The first-order chi connectivity index (χ1) is 10.5. The fourth-order valence-electron chi connectivity index (χ4n) is 1.84. The maximum atomic E-state index is 12.9. The van der Waals surface area contributed by atoms with E-state index in [1.807, 2.05) is 9.82 Å². The van der Waals surface area contributed by atoms with Gasteiger partial charge in [-0.3, -0.25) is 14.9 Å². The van der Waals surface area contributed by atoms with Gasteiger partial charge >= 0.3 is 11.9 Å². The summed E-state index contributed by atoms with van der Waals surface area (Å²) in [6.45, 7) is 0. The molecule has 0 fully saturated rings. The van der Waals surface area contributed by atoms with Crippen molar-refractivity contribution in [3.05, 3.63) is 48.6 Å². The molecule has 124 valence electrons. The Balaban J connectivity index is 2.92. The van der Waals surface area contributed by atoms with Gasteiger partial charge in [-0.1, -0.05) is 0 Å². The molecule has 2 N–H and O–H groups in total. The number of alkyl halides is 3. The number of fused-ring (bicyclic) bond motifs is 1. The summed E-state index contributed by atoms with van der Waals surface area (Å²) in [7, 11) is -1.83. The third-order valence-electron chi connectivity index (χ3n) is 2.74. The third kappa shape index (κ3) is 3.08. The zero-order valence-corrected chi connectivity index (χ0v) is 11.9. The highest BCUT2D eigenvalue weighted by Gasteiger charge is 2.39. The maximum Gasteiger partial charge on any atom is 0.423 e. The second kappa shape index (κ2) is 5.49. The quantitative estimate of drug-likeness (QED) is 0.613. The molecule has 1 aromatic heterocycles. The average molecular weight is 352 g/mol. The predicted octanol–water partition coefficient (Wildman–Crippen LogP) is 0.454. The van der Waals surface area contributed by atoms with Gasteiger partial charge < -0.3 is 4.98 Å². The Kier molecular flexibility index (Phi) is 3.98. The minimum absolute atomic E-state index is 0.259. The summed E-state index contributed by atoms with van der Waals surface area (Å²) in [5.41, 5.74) is -5.80. The Morgan fingerprint density at radius 3 is 2.43 bits per heavy atom. The number of nitrogens with one attached hydrogen (secondary N) is 2. The number of halogens is 3. The van der Waals surface area contributed by atoms with Crippen molar-refractivity contribution < 1.29 is 22.3 Å². The molecule has 0 spiro atoms. The van der Waals surface area contributed by atoms with Crippen LogP contribution >= 0.6 is 0 Å². The van der Waals surface area contributed by atoms with Gasteiger partial charge in [0.05, 0.1) is 15.8 Å². The van der Waals surface area contributed by atoms with Crippen molar-refractivity contribution in [1.29, 1.82) is 0 Å². The average Bonchev–Trinajstić information content (AvgIpc) is 2.40. The number of nitro benzene ring substituents is 1. The Morgan fingerprint density at radius 2 is 1.96 bits per heavy atom. The molecule has 0 aliphatic carbocycles. The molecule has 23 heavy (non-hydrogen) atoms. The van der Waals surface area contributed by atoms with E-state index < -0.39 is 55.5 Å². The summed E-state index contributed by atoms with van der Waals surface area (Å²) < 4.78 is 49.9. The summed E-state index contributed by atoms with van der Waals surface area (Å²) in [5.74, 6) is 0. The van der Waals surface area contributed by atoms with Crippen LogP contribution < -0.4 is 16.1 Å². The molecule has 1 unspecified atom stereocenters. The monoisotopic (exact) mass is 352 g/mol. The van der Waals surface area contributed by atoms with Crippen LogP contribution in [0.3, 0.4) is 0 Å². The number of nitrogens with zero attached hydrogens (tertiary/aromatic N) is 2. The second-order valence-electron chi connectivity index (χ2n) is 4.29. The fraction of sp³-hybridized carbons (Fsp3) is 0.200. The zero-order valence-electron chi connectivity index (χ0n) is 11.1. The standard InChI is InChI=1S/C10H7F3N4O5S/c1-23(22)15-16-8(18)4-2-7(17(20)21)5(10(11,12)13)3-6(4)14-9(16)19/h2-3,15H,1H3,(H,14,19). The van der Waals surface area contributed by atoms with E-state index >= 15 is 0 Å². The molecule has 0 aliphatic heterocycles. The molecule has 1 atom stereocenters. The van der Waals surface area contributed by atoms with Crippen LogP contribution in [0.25, 0.3) is 10.9 Å². The van der Waals surface area contributed by atoms with E-state index in [1.165, 1.54) is 0 Å². The fourth-order valence-corrected chi connectivity index (χ4v) is 2.26. The highest BCUT2D eigenvalue weighted by Crippen LogP contribution is 2.37. The van der Waals surface area contributed by atoms with E-state index in [4.69, 9.17) is 0 Å². The van der Waals surface area contributed by atoms with E-state index in [0.29, 0.717) is 12.1 Å². The van der Waals surface area contributed by atoms with E-state index in [0.717, 1.165) is 6.26 Å². The van der Waals surface area contributed by atoms with Gasteiger partial charge in [-0.25, -0.2) is 13.8 Å². The molecular formula is C10H7F3N4O5S. The number of hydrogen-bond acceptors (Lipinski definition) is 5. The van der Waals surface area contributed by atoms with Crippen molar-refractivity contribution >= 4 is 27.6 Å². The Labute approximate surface area is 126 Å². The van der Waals surface area contributed by atoms with Crippen LogP contribution in [0.15, 0.2) is 21.7 Å². The van der Waals surface area contributed by atoms with Crippen LogP contribution in [0.2, 0.25) is 0 Å². The first kappa shape index (κ1) is 16.7. The summed E-state index contributed by atoms with van der Waals surface area (Å²) in [5, 5.41) is 10.3. The minimum atomic E-state index is -5.05. The van der Waals surface area contributed by atoms with E-state index in [-0.39, 0.29) is 4.68 Å². The number of aromatic nitrogens is 2. The molecule has 13 heteroatoms. The van der Waals surface area contributed by atoms with Crippen LogP contribution in [0.1, 0.15) is 5.56 Å². The van der Waals surface area contributed by atoms with Gasteiger partial charge in [0.2, 0.25) is 0 Å². The molecule has 1 aromatic carbocycles. The van der Waals surface area contributed by atoms with Crippen LogP contribution in [0.5, 0.6) is 0 Å². The topological polar surface area (TPSA) is 127 Å². The molecule has 0 saturated heterocycles. The number of rotatable bonds is 3. The van der Waals surface area contributed by atoms with E-state index in [9.17, 15) is 37.1 Å². The van der Waals surface area contributed by atoms with E-state index in [2.05, 4.69) is 0 Å².